The third-order valence-corrected chi connectivity index (χ3v) is 3.23. The maximum absolute atomic E-state index is 12.3. The van der Waals surface area contributed by atoms with Crippen molar-refractivity contribution in [2.45, 2.75) is 27.7 Å². The summed E-state index contributed by atoms with van der Waals surface area (Å²) in [5.41, 5.74) is 3.77. The fourth-order valence-electron chi connectivity index (χ4n) is 2.21. The highest BCUT2D eigenvalue weighted by Crippen LogP contribution is 2.21. The van der Waals surface area contributed by atoms with Crippen molar-refractivity contribution < 1.29 is 9.59 Å². The van der Waals surface area contributed by atoms with E-state index in [-0.39, 0.29) is 17.4 Å². The summed E-state index contributed by atoms with van der Waals surface area (Å²) in [7, 11) is 0. The first kappa shape index (κ1) is 14.0. The maximum Gasteiger partial charge on any atom is 0.276 e. The number of ketones is 1. The van der Waals surface area contributed by atoms with Gasteiger partial charge in [0, 0.05) is 11.4 Å². The highest BCUT2D eigenvalue weighted by Gasteiger charge is 2.21. The normalized spacial score (nSPS) is 10.4. The van der Waals surface area contributed by atoms with Gasteiger partial charge in [0.2, 0.25) is 0 Å². The van der Waals surface area contributed by atoms with Gasteiger partial charge in [0.25, 0.3) is 5.91 Å². The number of carbonyl (C=O) groups excluding carboxylic acids is 2. The molecule has 0 fully saturated rings. The van der Waals surface area contributed by atoms with Crippen LogP contribution in [-0.4, -0.2) is 21.9 Å². The van der Waals surface area contributed by atoms with Crippen molar-refractivity contribution in [3.8, 4) is 0 Å². The molecule has 0 aliphatic carbocycles. The van der Waals surface area contributed by atoms with E-state index in [4.69, 9.17) is 0 Å². The van der Waals surface area contributed by atoms with Gasteiger partial charge in [-0.25, -0.2) is 0 Å². The third-order valence-electron chi connectivity index (χ3n) is 3.23. The SMILES string of the molecule is CC(=O)c1c(C(=O)Nc2c(C)cccc2C)n[nH]c1C. The van der Waals surface area contributed by atoms with Gasteiger partial charge in [-0.3, -0.25) is 14.7 Å². The molecule has 2 N–H and O–H groups in total. The van der Waals surface area contributed by atoms with Crippen LogP contribution in [0.1, 0.15) is 44.6 Å². The molecule has 2 rings (SSSR count). The first-order valence-electron chi connectivity index (χ1n) is 6.35. The van der Waals surface area contributed by atoms with Gasteiger partial charge >= 0.3 is 0 Å². The van der Waals surface area contributed by atoms with Crippen LogP contribution in [0.5, 0.6) is 0 Å². The Kier molecular flexibility index (Phi) is 3.70. The van der Waals surface area contributed by atoms with Crippen molar-refractivity contribution in [3.63, 3.8) is 0 Å². The highest BCUT2D eigenvalue weighted by atomic mass is 16.2. The number of hydrogen-bond donors (Lipinski definition) is 2. The second-order valence-electron chi connectivity index (χ2n) is 4.85. The van der Waals surface area contributed by atoms with E-state index in [1.165, 1.54) is 6.92 Å². The van der Waals surface area contributed by atoms with Crippen LogP contribution in [0.3, 0.4) is 0 Å². The zero-order chi connectivity index (χ0) is 14.9. The minimum absolute atomic E-state index is 0.137. The minimum atomic E-state index is -0.378. The molecule has 0 saturated carbocycles. The number of carbonyl (C=O) groups is 2. The molecule has 0 atom stereocenters. The quantitative estimate of drug-likeness (QED) is 0.843. The summed E-state index contributed by atoms with van der Waals surface area (Å²) < 4.78 is 0. The summed E-state index contributed by atoms with van der Waals surface area (Å²) >= 11 is 0. The van der Waals surface area contributed by atoms with Crippen LogP contribution in [0, 0.1) is 20.8 Å². The van der Waals surface area contributed by atoms with Crippen LogP contribution in [0.15, 0.2) is 18.2 Å². The van der Waals surface area contributed by atoms with Crippen LogP contribution >= 0.6 is 0 Å². The highest BCUT2D eigenvalue weighted by molar-refractivity contribution is 6.11. The number of aromatic nitrogens is 2. The first-order chi connectivity index (χ1) is 9.41. The summed E-state index contributed by atoms with van der Waals surface area (Å²) in [6, 6.07) is 5.77. The van der Waals surface area contributed by atoms with Crippen LogP contribution in [0.4, 0.5) is 5.69 Å². The molecule has 20 heavy (non-hydrogen) atoms. The van der Waals surface area contributed by atoms with Gasteiger partial charge in [-0.05, 0) is 38.8 Å². The van der Waals surface area contributed by atoms with Crippen LogP contribution in [-0.2, 0) is 0 Å². The molecule has 1 aromatic carbocycles. The first-order valence-corrected chi connectivity index (χ1v) is 6.35. The predicted octanol–water partition coefficient (Wildman–Crippen LogP) is 2.79. The zero-order valence-electron chi connectivity index (χ0n) is 12.0. The number of hydrogen-bond acceptors (Lipinski definition) is 3. The van der Waals surface area contributed by atoms with Gasteiger partial charge in [0.15, 0.2) is 11.5 Å². The van der Waals surface area contributed by atoms with Crippen molar-refractivity contribution in [1.29, 1.82) is 0 Å². The van der Waals surface area contributed by atoms with E-state index in [0.29, 0.717) is 11.3 Å². The molecule has 104 valence electrons. The van der Waals surface area contributed by atoms with Gasteiger partial charge in [0.1, 0.15) is 0 Å². The number of amides is 1. The largest absolute Gasteiger partial charge is 0.320 e. The summed E-state index contributed by atoms with van der Waals surface area (Å²) in [4.78, 5) is 23.9. The lowest BCUT2D eigenvalue weighted by molar-refractivity contribution is 0.0983. The van der Waals surface area contributed by atoms with E-state index in [1.54, 1.807) is 6.92 Å². The van der Waals surface area contributed by atoms with E-state index in [1.807, 2.05) is 32.0 Å². The van der Waals surface area contributed by atoms with Gasteiger partial charge in [0.05, 0.1) is 5.56 Å². The molecule has 0 bridgehead atoms. The van der Waals surface area contributed by atoms with Crippen LogP contribution < -0.4 is 5.32 Å². The third kappa shape index (κ3) is 2.47. The Morgan fingerprint density at radius 1 is 1.15 bits per heavy atom. The number of Topliss-reactive ketones (excluding diaryl/α,β-unsaturated/α-hetero) is 1. The molecule has 1 heterocycles. The molecule has 5 heteroatoms. The Morgan fingerprint density at radius 3 is 2.30 bits per heavy atom. The molecule has 1 aromatic heterocycles. The van der Waals surface area contributed by atoms with Crippen molar-refractivity contribution in [2.24, 2.45) is 0 Å². The monoisotopic (exact) mass is 271 g/mol. The smallest absolute Gasteiger partial charge is 0.276 e. The predicted molar refractivity (Wildman–Crippen MR) is 77.2 cm³/mol. The number of para-hydroxylation sites is 1. The zero-order valence-corrected chi connectivity index (χ0v) is 12.0. The molecular formula is C15H17N3O2. The van der Waals surface area contributed by atoms with Gasteiger partial charge < -0.3 is 5.32 Å². The Hall–Kier alpha value is -2.43. The number of nitrogens with zero attached hydrogens (tertiary/aromatic N) is 1. The lowest BCUT2D eigenvalue weighted by Gasteiger charge is -2.10. The number of H-pyrrole nitrogens is 1. The second kappa shape index (κ2) is 5.28. The Labute approximate surface area is 117 Å². The fourth-order valence-corrected chi connectivity index (χ4v) is 2.21. The lowest BCUT2D eigenvalue weighted by Crippen LogP contribution is -2.17. The van der Waals surface area contributed by atoms with Gasteiger partial charge in [-0.1, -0.05) is 18.2 Å². The molecule has 0 radical (unpaired) electrons. The van der Waals surface area contributed by atoms with Crippen molar-refractivity contribution in [3.05, 3.63) is 46.3 Å². The number of aromatic amines is 1. The van der Waals surface area contributed by atoms with E-state index >= 15 is 0 Å². The molecule has 2 aromatic rings. The molecular weight excluding hydrogens is 254 g/mol. The van der Waals surface area contributed by atoms with E-state index < -0.39 is 0 Å². The number of benzene rings is 1. The molecule has 0 aliphatic rings. The van der Waals surface area contributed by atoms with Crippen LogP contribution in [0.2, 0.25) is 0 Å². The summed E-state index contributed by atoms with van der Waals surface area (Å²) in [6.07, 6.45) is 0. The van der Waals surface area contributed by atoms with Gasteiger partial charge in [-0.2, -0.15) is 5.10 Å². The van der Waals surface area contributed by atoms with Crippen molar-refractivity contribution >= 4 is 17.4 Å². The molecule has 5 nitrogen and oxygen atoms in total. The standard InChI is InChI=1S/C15H17N3O2/c1-8-6-5-7-9(2)13(8)16-15(20)14-12(11(4)19)10(3)17-18-14/h5-7H,1-4H3,(H,16,20)(H,17,18). The number of anilines is 1. The summed E-state index contributed by atoms with van der Waals surface area (Å²) in [5.74, 6) is -0.556. The summed E-state index contributed by atoms with van der Waals surface area (Å²) in [6.45, 7) is 6.99. The molecule has 0 unspecified atom stereocenters. The van der Waals surface area contributed by atoms with Gasteiger partial charge in [-0.15, -0.1) is 0 Å². The number of nitrogens with one attached hydrogen (secondary N) is 2. The fraction of sp³-hybridized carbons (Fsp3) is 0.267. The van der Waals surface area contributed by atoms with E-state index in [2.05, 4.69) is 15.5 Å². The average molecular weight is 271 g/mol. The Bertz CT molecular complexity index is 666. The number of rotatable bonds is 3. The number of aryl methyl sites for hydroxylation is 3. The topological polar surface area (TPSA) is 74.8 Å². The molecule has 0 spiro atoms. The molecule has 0 aliphatic heterocycles. The van der Waals surface area contributed by atoms with E-state index in [0.717, 1.165) is 16.8 Å². The second-order valence-corrected chi connectivity index (χ2v) is 4.85. The maximum atomic E-state index is 12.3. The van der Waals surface area contributed by atoms with Crippen molar-refractivity contribution in [1.82, 2.24) is 10.2 Å². The Morgan fingerprint density at radius 2 is 1.75 bits per heavy atom. The van der Waals surface area contributed by atoms with E-state index in [9.17, 15) is 9.59 Å². The average Bonchev–Trinajstić information content (AvgIpc) is 2.76. The minimum Gasteiger partial charge on any atom is -0.320 e. The summed E-state index contributed by atoms with van der Waals surface area (Å²) in [5, 5.41) is 9.45. The molecule has 0 saturated heterocycles. The molecule has 1 amide bonds. The Balaban J connectivity index is 2.37. The lowest BCUT2D eigenvalue weighted by atomic mass is 10.1. The van der Waals surface area contributed by atoms with Crippen LogP contribution in [0.25, 0.3) is 0 Å². The van der Waals surface area contributed by atoms with Crippen molar-refractivity contribution in [2.75, 3.05) is 5.32 Å².